The quantitative estimate of drug-likeness (QED) is 0.881. The summed E-state index contributed by atoms with van der Waals surface area (Å²) in [5, 5.41) is 4.08. The smallest absolute Gasteiger partial charge is 0.235 e. The zero-order valence-electron chi connectivity index (χ0n) is 12.0. The molecule has 0 spiro atoms. The predicted octanol–water partition coefficient (Wildman–Crippen LogP) is 4.67. The van der Waals surface area contributed by atoms with Gasteiger partial charge < -0.3 is 10.1 Å². The van der Waals surface area contributed by atoms with Crippen LogP contribution in [0.2, 0.25) is 10.0 Å². The second-order valence-electron chi connectivity index (χ2n) is 5.39. The molecule has 1 saturated carbocycles. The summed E-state index contributed by atoms with van der Waals surface area (Å²) in [6.45, 7) is 0. The Hall–Kier alpha value is -1.71. The van der Waals surface area contributed by atoms with Crippen molar-refractivity contribution < 1.29 is 9.53 Å². The molecule has 0 unspecified atom stereocenters. The molecule has 3 nitrogen and oxygen atoms in total. The summed E-state index contributed by atoms with van der Waals surface area (Å²) in [6.07, 6.45) is 1.68. The summed E-state index contributed by atoms with van der Waals surface area (Å²) in [5.74, 6) is 0.564. The van der Waals surface area contributed by atoms with E-state index in [4.69, 9.17) is 27.9 Å². The number of benzene rings is 2. The van der Waals surface area contributed by atoms with E-state index in [9.17, 15) is 4.79 Å². The average molecular weight is 336 g/mol. The van der Waals surface area contributed by atoms with Gasteiger partial charge >= 0.3 is 0 Å². The van der Waals surface area contributed by atoms with Gasteiger partial charge in [-0.25, -0.2) is 0 Å². The first-order chi connectivity index (χ1) is 10.5. The van der Waals surface area contributed by atoms with E-state index in [1.807, 2.05) is 24.3 Å². The van der Waals surface area contributed by atoms with Crippen molar-refractivity contribution in [1.29, 1.82) is 0 Å². The molecule has 0 radical (unpaired) electrons. The number of rotatable bonds is 4. The van der Waals surface area contributed by atoms with Gasteiger partial charge in [-0.2, -0.15) is 0 Å². The topological polar surface area (TPSA) is 38.3 Å². The van der Waals surface area contributed by atoms with E-state index >= 15 is 0 Å². The molecule has 1 N–H and O–H groups in total. The first kappa shape index (κ1) is 15.2. The summed E-state index contributed by atoms with van der Waals surface area (Å²) in [7, 11) is 1.55. The first-order valence-electron chi connectivity index (χ1n) is 6.96. The van der Waals surface area contributed by atoms with Crippen LogP contribution in [0.25, 0.3) is 0 Å². The number of carbonyl (C=O) groups is 1. The predicted molar refractivity (Wildman–Crippen MR) is 89.0 cm³/mol. The highest BCUT2D eigenvalue weighted by molar-refractivity contribution is 6.32. The highest BCUT2D eigenvalue weighted by Gasteiger charge is 2.51. The Morgan fingerprint density at radius 1 is 1.14 bits per heavy atom. The third kappa shape index (κ3) is 2.79. The van der Waals surface area contributed by atoms with Crippen molar-refractivity contribution in [3.05, 3.63) is 58.1 Å². The van der Waals surface area contributed by atoms with Crippen LogP contribution in [0, 0.1) is 0 Å². The SMILES string of the molecule is COc1ccc(NC(=O)C2(c3ccc(Cl)cc3)CC2)cc1Cl. The molecule has 1 amide bonds. The lowest BCUT2D eigenvalue weighted by Crippen LogP contribution is -2.27. The van der Waals surface area contributed by atoms with E-state index in [0.717, 1.165) is 18.4 Å². The van der Waals surface area contributed by atoms with Gasteiger partial charge in [0.1, 0.15) is 5.75 Å². The maximum Gasteiger partial charge on any atom is 0.235 e. The van der Waals surface area contributed by atoms with Crippen LogP contribution < -0.4 is 10.1 Å². The second-order valence-corrected chi connectivity index (χ2v) is 6.24. The van der Waals surface area contributed by atoms with E-state index < -0.39 is 5.41 Å². The summed E-state index contributed by atoms with van der Waals surface area (Å²) in [5.41, 5.74) is 1.21. The maximum atomic E-state index is 12.6. The molecule has 5 heteroatoms. The molecule has 1 aliphatic rings. The van der Waals surface area contributed by atoms with Gasteiger partial charge in [0.05, 0.1) is 17.5 Å². The fourth-order valence-electron chi connectivity index (χ4n) is 2.54. The molecule has 0 aromatic heterocycles. The Balaban J connectivity index is 1.79. The van der Waals surface area contributed by atoms with E-state index in [2.05, 4.69) is 5.32 Å². The molecule has 1 fully saturated rings. The van der Waals surface area contributed by atoms with Gasteiger partial charge in [-0.1, -0.05) is 35.3 Å². The Morgan fingerprint density at radius 2 is 1.82 bits per heavy atom. The molecule has 0 aliphatic heterocycles. The zero-order valence-corrected chi connectivity index (χ0v) is 13.5. The van der Waals surface area contributed by atoms with Gasteiger partial charge in [0.15, 0.2) is 0 Å². The number of hydrogen-bond acceptors (Lipinski definition) is 2. The Kier molecular flexibility index (Phi) is 4.02. The van der Waals surface area contributed by atoms with E-state index in [1.54, 1.807) is 25.3 Å². The van der Waals surface area contributed by atoms with Gasteiger partial charge in [0.25, 0.3) is 0 Å². The van der Waals surface area contributed by atoms with Crippen molar-refractivity contribution in [2.75, 3.05) is 12.4 Å². The van der Waals surface area contributed by atoms with Gasteiger partial charge in [-0.3, -0.25) is 4.79 Å². The van der Waals surface area contributed by atoms with Gasteiger partial charge in [-0.15, -0.1) is 0 Å². The fraction of sp³-hybridized carbons (Fsp3) is 0.235. The average Bonchev–Trinajstić information content (AvgIpc) is 3.30. The molecule has 114 valence electrons. The van der Waals surface area contributed by atoms with Crippen LogP contribution in [-0.4, -0.2) is 13.0 Å². The summed E-state index contributed by atoms with van der Waals surface area (Å²) in [6, 6.07) is 12.7. The molecule has 3 rings (SSSR count). The van der Waals surface area contributed by atoms with Gasteiger partial charge in [0.2, 0.25) is 5.91 Å². The molecular weight excluding hydrogens is 321 g/mol. The second kappa shape index (κ2) is 5.82. The first-order valence-corrected chi connectivity index (χ1v) is 7.72. The summed E-state index contributed by atoms with van der Waals surface area (Å²) >= 11 is 12.0. The van der Waals surface area contributed by atoms with Gasteiger partial charge in [0, 0.05) is 10.7 Å². The summed E-state index contributed by atoms with van der Waals surface area (Å²) in [4.78, 5) is 12.6. The fourth-order valence-corrected chi connectivity index (χ4v) is 2.92. The molecule has 0 heterocycles. The van der Waals surface area contributed by atoms with Crippen molar-refractivity contribution in [1.82, 2.24) is 0 Å². The highest BCUT2D eigenvalue weighted by Crippen LogP contribution is 2.49. The Labute approximate surface area is 139 Å². The minimum absolute atomic E-state index is 0.0175. The van der Waals surface area contributed by atoms with Crippen LogP contribution in [0.1, 0.15) is 18.4 Å². The van der Waals surface area contributed by atoms with Crippen LogP contribution in [0.15, 0.2) is 42.5 Å². The van der Waals surface area contributed by atoms with Crippen LogP contribution in [0.3, 0.4) is 0 Å². The number of amides is 1. The number of carbonyl (C=O) groups excluding carboxylic acids is 1. The number of methoxy groups -OCH3 is 1. The maximum absolute atomic E-state index is 12.6. The van der Waals surface area contributed by atoms with Crippen LogP contribution in [0.5, 0.6) is 5.75 Å². The van der Waals surface area contributed by atoms with Gasteiger partial charge in [-0.05, 0) is 48.7 Å². The molecular formula is C17H15Cl2NO2. The van der Waals surface area contributed by atoms with Crippen molar-refractivity contribution in [3.8, 4) is 5.75 Å². The Bertz CT molecular complexity index is 709. The van der Waals surface area contributed by atoms with Crippen LogP contribution in [-0.2, 0) is 10.2 Å². The third-order valence-corrected chi connectivity index (χ3v) is 4.54. The minimum Gasteiger partial charge on any atom is -0.495 e. The monoisotopic (exact) mass is 335 g/mol. The number of anilines is 1. The lowest BCUT2D eigenvalue weighted by Gasteiger charge is -2.16. The number of ether oxygens (including phenoxy) is 1. The normalized spacial score (nSPS) is 15.2. The number of hydrogen-bond donors (Lipinski definition) is 1. The van der Waals surface area contributed by atoms with Crippen molar-refractivity contribution in [3.63, 3.8) is 0 Å². The van der Waals surface area contributed by atoms with Crippen molar-refractivity contribution >= 4 is 34.8 Å². The van der Waals surface area contributed by atoms with E-state index in [-0.39, 0.29) is 5.91 Å². The minimum atomic E-state index is -0.447. The number of nitrogens with one attached hydrogen (secondary N) is 1. The molecule has 22 heavy (non-hydrogen) atoms. The highest BCUT2D eigenvalue weighted by atomic mass is 35.5. The summed E-state index contributed by atoms with van der Waals surface area (Å²) < 4.78 is 5.11. The standard InChI is InChI=1S/C17H15Cl2NO2/c1-22-15-7-6-13(10-14(15)19)20-16(21)17(8-9-17)11-2-4-12(18)5-3-11/h2-7,10H,8-9H2,1H3,(H,20,21). The molecule has 1 aliphatic carbocycles. The largest absolute Gasteiger partial charge is 0.495 e. The van der Waals surface area contributed by atoms with Crippen molar-refractivity contribution in [2.45, 2.75) is 18.3 Å². The molecule has 2 aromatic rings. The number of halogens is 2. The Morgan fingerprint density at radius 3 is 2.36 bits per heavy atom. The molecule has 2 aromatic carbocycles. The van der Waals surface area contributed by atoms with Crippen LogP contribution in [0.4, 0.5) is 5.69 Å². The van der Waals surface area contributed by atoms with Crippen molar-refractivity contribution in [2.24, 2.45) is 0 Å². The molecule has 0 bridgehead atoms. The molecule has 0 saturated heterocycles. The lowest BCUT2D eigenvalue weighted by molar-refractivity contribution is -0.118. The lowest BCUT2D eigenvalue weighted by atomic mass is 9.95. The van der Waals surface area contributed by atoms with Crippen LogP contribution >= 0.6 is 23.2 Å². The van der Waals surface area contributed by atoms with E-state index in [1.165, 1.54) is 0 Å². The molecule has 0 atom stereocenters. The third-order valence-electron chi connectivity index (χ3n) is 3.99. The zero-order chi connectivity index (χ0) is 15.7. The van der Waals surface area contributed by atoms with E-state index in [0.29, 0.717) is 21.5 Å².